The van der Waals surface area contributed by atoms with Crippen LogP contribution in [0, 0.1) is 0 Å². The Hall–Kier alpha value is -1.46. The first-order valence-corrected chi connectivity index (χ1v) is 5.48. The van der Waals surface area contributed by atoms with Gasteiger partial charge >= 0.3 is 5.97 Å². The molecular weight excluding hydrogens is 244 g/mol. The molecule has 5 nitrogen and oxygen atoms in total. The lowest BCUT2D eigenvalue weighted by Gasteiger charge is -2.13. The highest BCUT2D eigenvalue weighted by Crippen LogP contribution is 2.21. The summed E-state index contributed by atoms with van der Waals surface area (Å²) >= 11 is 5.78. The van der Waals surface area contributed by atoms with Crippen LogP contribution in [0.2, 0.25) is 5.28 Å². The van der Waals surface area contributed by atoms with E-state index in [1.54, 1.807) is 6.07 Å². The summed E-state index contributed by atoms with van der Waals surface area (Å²) < 4.78 is 9.81. The Balaban J connectivity index is 2.37. The second-order valence-corrected chi connectivity index (χ2v) is 3.79. The number of methoxy groups -OCH3 is 1. The molecule has 1 aromatic rings. The van der Waals surface area contributed by atoms with Crippen molar-refractivity contribution in [2.24, 2.45) is 0 Å². The maximum atomic E-state index is 11.4. The van der Waals surface area contributed by atoms with E-state index in [0.717, 1.165) is 12.0 Å². The van der Waals surface area contributed by atoms with Gasteiger partial charge in [0.15, 0.2) is 5.69 Å². The summed E-state index contributed by atoms with van der Waals surface area (Å²) in [6.07, 6.45) is 2.66. The van der Waals surface area contributed by atoms with Crippen LogP contribution in [0.1, 0.15) is 22.6 Å². The van der Waals surface area contributed by atoms with Crippen molar-refractivity contribution in [1.29, 1.82) is 0 Å². The Morgan fingerprint density at radius 3 is 3.00 bits per heavy atom. The zero-order valence-corrected chi connectivity index (χ0v) is 10.0. The molecule has 0 aliphatic carbocycles. The van der Waals surface area contributed by atoms with Crippen LogP contribution in [0.3, 0.4) is 0 Å². The molecule has 0 saturated carbocycles. The van der Waals surface area contributed by atoms with E-state index in [-0.39, 0.29) is 11.0 Å². The van der Waals surface area contributed by atoms with Crippen LogP contribution in [-0.4, -0.2) is 36.3 Å². The van der Waals surface area contributed by atoms with Gasteiger partial charge in [0.05, 0.1) is 26.0 Å². The molecule has 17 heavy (non-hydrogen) atoms. The second kappa shape index (κ2) is 5.25. The maximum absolute atomic E-state index is 11.4. The minimum absolute atomic E-state index is 0.0373. The normalized spacial score (nSPS) is 15.3. The topological polar surface area (TPSA) is 61.3 Å². The van der Waals surface area contributed by atoms with E-state index in [1.807, 2.05) is 6.08 Å². The zero-order chi connectivity index (χ0) is 12.3. The fourth-order valence-electron chi connectivity index (χ4n) is 1.55. The average molecular weight is 255 g/mol. The van der Waals surface area contributed by atoms with Gasteiger partial charge in [0.25, 0.3) is 0 Å². The van der Waals surface area contributed by atoms with Crippen molar-refractivity contribution in [3.05, 3.63) is 28.8 Å². The van der Waals surface area contributed by atoms with E-state index in [1.165, 1.54) is 7.11 Å². The van der Waals surface area contributed by atoms with Crippen LogP contribution in [0.5, 0.6) is 0 Å². The van der Waals surface area contributed by atoms with E-state index in [2.05, 4.69) is 14.7 Å². The second-order valence-electron chi connectivity index (χ2n) is 3.45. The molecule has 0 fully saturated rings. The van der Waals surface area contributed by atoms with Gasteiger partial charge in [-0.05, 0) is 29.7 Å². The van der Waals surface area contributed by atoms with Gasteiger partial charge in [-0.15, -0.1) is 0 Å². The zero-order valence-electron chi connectivity index (χ0n) is 9.27. The van der Waals surface area contributed by atoms with Crippen molar-refractivity contribution >= 4 is 23.1 Å². The number of hydrogen-bond acceptors (Lipinski definition) is 5. The fourth-order valence-corrected chi connectivity index (χ4v) is 1.73. The predicted octanol–water partition coefficient (Wildman–Crippen LogP) is 1.72. The highest BCUT2D eigenvalue weighted by Gasteiger charge is 2.14. The van der Waals surface area contributed by atoms with Crippen LogP contribution in [-0.2, 0) is 9.47 Å². The van der Waals surface area contributed by atoms with Crippen LogP contribution in [0.25, 0.3) is 5.57 Å². The summed E-state index contributed by atoms with van der Waals surface area (Å²) in [7, 11) is 1.30. The molecule has 0 saturated heterocycles. The summed E-state index contributed by atoms with van der Waals surface area (Å²) in [5, 5.41) is 0.0373. The lowest BCUT2D eigenvalue weighted by molar-refractivity contribution is 0.0593. The lowest BCUT2D eigenvalue weighted by atomic mass is 10.1. The van der Waals surface area contributed by atoms with Crippen molar-refractivity contribution in [2.75, 3.05) is 20.3 Å². The molecule has 2 rings (SSSR count). The molecule has 0 amide bonds. The Kier molecular flexibility index (Phi) is 3.71. The van der Waals surface area contributed by atoms with Crippen LogP contribution < -0.4 is 0 Å². The molecule has 0 radical (unpaired) electrons. The molecule has 90 valence electrons. The minimum atomic E-state index is -0.525. The van der Waals surface area contributed by atoms with Gasteiger partial charge in [0.1, 0.15) is 0 Å². The third kappa shape index (κ3) is 2.81. The van der Waals surface area contributed by atoms with Crippen LogP contribution in [0.15, 0.2) is 12.1 Å². The average Bonchev–Trinajstić information content (AvgIpc) is 2.38. The highest BCUT2D eigenvalue weighted by atomic mass is 35.5. The number of aromatic nitrogens is 2. The van der Waals surface area contributed by atoms with Gasteiger partial charge in [0, 0.05) is 0 Å². The fraction of sp³-hybridized carbons (Fsp3) is 0.364. The Morgan fingerprint density at radius 1 is 1.53 bits per heavy atom. The molecule has 0 atom stereocenters. The lowest BCUT2D eigenvalue weighted by Crippen LogP contribution is -2.09. The Bertz CT molecular complexity index is 474. The van der Waals surface area contributed by atoms with E-state index >= 15 is 0 Å². The summed E-state index contributed by atoms with van der Waals surface area (Å²) in [5.41, 5.74) is 1.81. The van der Waals surface area contributed by atoms with Crippen molar-refractivity contribution in [1.82, 2.24) is 9.97 Å². The van der Waals surface area contributed by atoms with Gasteiger partial charge in [-0.1, -0.05) is 6.08 Å². The Labute approximate surface area is 103 Å². The van der Waals surface area contributed by atoms with Crippen molar-refractivity contribution in [3.63, 3.8) is 0 Å². The first-order chi connectivity index (χ1) is 8.20. The number of nitrogens with zero attached hydrogens (tertiary/aromatic N) is 2. The number of carbonyl (C=O) groups is 1. The predicted molar refractivity (Wildman–Crippen MR) is 61.8 cm³/mol. The van der Waals surface area contributed by atoms with Gasteiger partial charge in [-0.3, -0.25) is 0 Å². The number of ether oxygens (including phenoxy) is 2. The molecule has 0 spiro atoms. The smallest absolute Gasteiger partial charge is 0.356 e. The van der Waals surface area contributed by atoms with Gasteiger partial charge in [0.2, 0.25) is 5.28 Å². The molecule has 0 N–H and O–H groups in total. The molecule has 0 bridgehead atoms. The number of carbonyl (C=O) groups excluding carboxylic acids is 1. The molecule has 1 aliphatic heterocycles. The molecule has 0 unspecified atom stereocenters. The standard InChI is InChI=1S/C11H11ClN2O3/c1-16-10(15)9-6-8(13-11(12)14-9)7-2-4-17-5-3-7/h2,6H,3-5H2,1H3. The molecular formula is C11H11ClN2O3. The first-order valence-electron chi connectivity index (χ1n) is 5.11. The Morgan fingerprint density at radius 2 is 2.35 bits per heavy atom. The molecule has 1 aliphatic rings. The summed E-state index contributed by atoms with van der Waals surface area (Å²) in [4.78, 5) is 19.3. The number of halogens is 1. The largest absolute Gasteiger partial charge is 0.464 e. The van der Waals surface area contributed by atoms with Crippen molar-refractivity contribution in [2.45, 2.75) is 6.42 Å². The third-order valence-corrected chi connectivity index (χ3v) is 2.55. The maximum Gasteiger partial charge on any atom is 0.356 e. The summed E-state index contributed by atoms with van der Waals surface area (Å²) in [5.74, 6) is -0.525. The monoisotopic (exact) mass is 254 g/mol. The van der Waals surface area contributed by atoms with E-state index in [4.69, 9.17) is 16.3 Å². The van der Waals surface area contributed by atoms with Gasteiger partial charge in [-0.2, -0.15) is 0 Å². The highest BCUT2D eigenvalue weighted by molar-refractivity contribution is 6.28. The van der Waals surface area contributed by atoms with Crippen molar-refractivity contribution in [3.8, 4) is 0 Å². The van der Waals surface area contributed by atoms with E-state index in [9.17, 15) is 4.79 Å². The van der Waals surface area contributed by atoms with E-state index in [0.29, 0.717) is 18.9 Å². The quantitative estimate of drug-likeness (QED) is 0.594. The SMILES string of the molecule is COC(=O)c1cc(C2=CCOCC2)nc(Cl)n1. The third-order valence-electron chi connectivity index (χ3n) is 2.39. The van der Waals surface area contributed by atoms with Gasteiger partial charge < -0.3 is 9.47 Å². The number of esters is 1. The minimum Gasteiger partial charge on any atom is -0.464 e. The van der Waals surface area contributed by atoms with Gasteiger partial charge in [-0.25, -0.2) is 14.8 Å². The number of hydrogen-bond donors (Lipinski definition) is 0. The van der Waals surface area contributed by atoms with Crippen LogP contribution in [0.4, 0.5) is 0 Å². The van der Waals surface area contributed by atoms with E-state index < -0.39 is 5.97 Å². The molecule has 6 heteroatoms. The summed E-state index contributed by atoms with van der Waals surface area (Å²) in [6.45, 7) is 1.19. The van der Waals surface area contributed by atoms with Crippen molar-refractivity contribution < 1.29 is 14.3 Å². The first kappa shape index (κ1) is 12.0. The number of rotatable bonds is 2. The summed E-state index contributed by atoms with van der Waals surface area (Å²) in [6, 6.07) is 1.58. The molecule has 1 aromatic heterocycles. The molecule has 2 heterocycles. The molecule has 0 aromatic carbocycles. The van der Waals surface area contributed by atoms with Crippen LogP contribution >= 0.6 is 11.6 Å².